The summed E-state index contributed by atoms with van der Waals surface area (Å²) < 4.78 is 11.3. The average molecular weight is 559 g/mol. The predicted molar refractivity (Wildman–Crippen MR) is 139 cm³/mol. The molecule has 0 amide bonds. The van der Waals surface area contributed by atoms with E-state index >= 15 is 0 Å². The maximum absolute atomic E-state index is 5.66. The van der Waals surface area contributed by atoms with Gasteiger partial charge in [0.15, 0.2) is 5.96 Å². The Labute approximate surface area is 207 Å². The van der Waals surface area contributed by atoms with E-state index in [1.54, 1.807) is 11.3 Å². The van der Waals surface area contributed by atoms with Crippen LogP contribution in [0.25, 0.3) is 0 Å². The van der Waals surface area contributed by atoms with E-state index in [2.05, 4.69) is 51.8 Å². The van der Waals surface area contributed by atoms with Crippen molar-refractivity contribution in [2.45, 2.75) is 44.9 Å². The van der Waals surface area contributed by atoms with Gasteiger partial charge in [0, 0.05) is 56.3 Å². The van der Waals surface area contributed by atoms with Crippen LogP contribution in [0.15, 0.2) is 35.5 Å². The van der Waals surface area contributed by atoms with Gasteiger partial charge in [-0.25, -0.2) is 4.98 Å². The molecule has 0 atom stereocenters. The van der Waals surface area contributed by atoms with Crippen LogP contribution in [0.5, 0.6) is 5.75 Å². The van der Waals surface area contributed by atoms with Gasteiger partial charge in [-0.1, -0.05) is 19.1 Å². The van der Waals surface area contributed by atoms with Crippen LogP contribution in [0.3, 0.4) is 0 Å². The van der Waals surface area contributed by atoms with E-state index in [1.165, 1.54) is 15.4 Å². The molecular weight excluding hydrogens is 523 g/mol. The van der Waals surface area contributed by atoms with E-state index in [-0.39, 0.29) is 29.4 Å². The number of nitrogens with zero attached hydrogens (tertiary/aromatic N) is 2. The lowest BCUT2D eigenvalue weighted by Gasteiger charge is -2.38. The summed E-state index contributed by atoms with van der Waals surface area (Å²) in [4.78, 5) is 10.2. The van der Waals surface area contributed by atoms with Crippen LogP contribution in [0.2, 0.25) is 0 Å². The third kappa shape index (κ3) is 7.32. The van der Waals surface area contributed by atoms with Crippen molar-refractivity contribution in [3.8, 4) is 5.75 Å². The zero-order valence-electron chi connectivity index (χ0n) is 18.8. The van der Waals surface area contributed by atoms with Crippen LogP contribution >= 0.6 is 35.3 Å². The summed E-state index contributed by atoms with van der Waals surface area (Å²) in [7, 11) is 1.82. The van der Waals surface area contributed by atoms with Crippen molar-refractivity contribution in [2.24, 2.45) is 4.99 Å². The summed E-state index contributed by atoms with van der Waals surface area (Å²) in [5, 5.41) is 8.16. The smallest absolute Gasteiger partial charge is 0.191 e. The molecule has 2 aromatic rings. The molecule has 1 saturated heterocycles. The normalized spacial score (nSPS) is 15.8. The molecule has 1 aromatic heterocycles. The first kappa shape index (κ1) is 25.9. The van der Waals surface area contributed by atoms with Crippen molar-refractivity contribution in [3.05, 3.63) is 45.9 Å². The van der Waals surface area contributed by atoms with E-state index in [9.17, 15) is 0 Å². The molecular formula is C23H35IN4O2S. The van der Waals surface area contributed by atoms with Gasteiger partial charge in [0.05, 0.1) is 11.6 Å². The molecule has 1 aromatic carbocycles. The highest BCUT2D eigenvalue weighted by Crippen LogP contribution is 2.35. The predicted octanol–water partition coefficient (Wildman–Crippen LogP) is 4.18. The number of hydrogen-bond acceptors (Lipinski definition) is 5. The third-order valence-electron chi connectivity index (χ3n) is 5.63. The number of rotatable bonds is 9. The number of guanidine groups is 1. The first-order chi connectivity index (χ1) is 14.7. The number of aryl methyl sites for hydroxylation is 1. The Morgan fingerprint density at radius 1 is 1.19 bits per heavy atom. The molecule has 0 unspecified atom stereocenters. The maximum atomic E-state index is 5.66. The van der Waals surface area contributed by atoms with Crippen LogP contribution in [-0.4, -0.2) is 50.9 Å². The Hall–Kier alpha value is -1.39. The van der Waals surface area contributed by atoms with Crippen molar-refractivity contribution in [1.29, 1.82) is 0 Å². The quantitative estimate of drug-likeness (QED) is 0.275. The first-order valence-corrected chi connectivity index (χ1v) is 11.7. The highest BCUT2D eigenvalue weighted by atomic mass is 127. The molecule has 0 bridgehead atoms. The van der Waals surface area contributed by atoms with Crippen LogP contribution in [0.4, 0.5) is 0 Å². The fraction of sp³-hybridized carbons (Fsp3) is 0.565. The standard InChI is InChI=1S/C23H34N4O2S.HI/c1-4-20-16-26-21(30-20)10-13-25-22(24-3)27-17-23(11-14-28-15-12-23)18-6-8-19(9-7-18)29-5-2;/h6-9,16H,4-5,10-15,17H2,1-3H3,(H2,24,25,27);1H. The molecule has 2 heterocycles. The Morgan fingerprint density at radius 2 is 1.94 bits per heavy atom. The molecule has 3 rings (SSSR count). The zero-order chi connectivity index (χ0) is 21.2. The van der Waals surface area contributed by atoms with E-state index < -0.39 is 0 Å². The van der Waals surface area contributed by atoms with Gasteiger partial charge in [0.25, 0.3) is 0 Å². The Morgan fingerprint density at radius 3 is 2.55 bits per heavy atom. The van der Waals surface area contributed by atoms with Gasteiger partial charge in [-0.2, -0.15) is 0 Å². The largest absolute Gasteiger partial charge is 0.494 e. The topological polar surface area (TPSA) is 67.8 Å². The van der Waals surface area contributed by atoms with Gasteiger partial charge in [0.1, 0.15) is 5.75 Å². The second-order valence-electron chi connectivity index (χ2n) is 7.53. The fourth-order valence-electron chi connectivity index (χ4n) is 3.79. The van der Waals surface area contributed by atoms with Crippen molar-refractivity contribution in [3.63, 3.8) is 0 Å². The molecule has 0 saturated carbocycles. The SMILES string of the molecule is CCOc1ccc(C2(CNC(=NC)NCCc3ncc(CC)s3)CCOCC2)cc1.I. The number of benzene rings is 1. The number of nitrogens with one attached hydrogen (secondary N) is 2. The second-order valence-corrected chi connectivity index (χ2v) is 8.73. The summed E-state index contributed by atoms with van der Waals surface area (Å²) in [6.45, 7) is 8.06. The van der Waals surface area contributed by atoms with Crippen LogP contribution < -0.4 is 15.4 Å². The summed E-state index contributed by atoms with van der Waals surface area (Å²) >= 11 is 1.79. The molecule has 1 aliphatic rings. The first-order valence-electron chi connectivity index (χ1n) is 10.9. The van der Waals surface area contributed by atoms with E-state index in [0.29, 0.717) is 6.61 Å². The molecule has 6 nitrogen and oxygen atoms in total. The number of aliphatic imine (C=N–C) groups is 1. The minimum Gasteiger partial charge on any atom is -0.494 e. The van der Waals surface area contributed by atoms with Crippen LogP contribution in [0.1, 0.15) is 42.1 Å². The van der Waals surface area contributed by atoms with E-state index in [4.69, 9.17) is 9.47 Å². The van der Waals surface area contributed by atoms with Gasteiger partial charge in [-0.3, -0.25) is 4.99 Å². The van der Waals surface area contributed by atoms with Crippen LogP contribution in [-0.2, 0) is 23.0 Å². The monoisotopic (exact) mass is 558 g/mol. The van der Waals surface area contributed by atoms with E-state index in [1.807, 2.05) is 20.2 Å². The van der Waals surface area contributed by atoms with Crippen molar-refractivity contribution in [2.75, 3.05) is 40.0 Å². The lowest BCUT2D eigenvalue weighted by Crippen LogP contribution is -2.48. The minimum atomic E-state index is 0. The van der Waals surface area contributed by atoms with Gasteiger partial charge in [-0.15, -0.1) is 35.3 Å². The van der Waals surface area contributed by atoms with Crippen molar-refractivity contribution < 1.29 is 9.47 Å². The summed E-state index contributed by atoms with van der Waals surface area (Å²) in [6, 6.07) is 8.54. The second kappa shape index (κ2) is 13.2. The highest BCUT2D eigenvalue weighted by molar-refractivity contribution is 14.0. The molecule has 172 valence electrons. The van der Waals surface area contributed by atoms with Crippen molar-refractivity contribution in [1.82, 2.24) is 15.6 Å². The third-order valence-corrected chi connectivity index (χ3v) is 6.83. The lowest BCUT2D eigenvalue weighted by molar-refractivity contribution is 0.0513. The number of thiazole rings is 1. The molecule has 0 radical (unpaired) electrons. The number of halogens is 1. The number of ether oxygens (including phenoxy) is 2. The minimum absolute atomic E-state index is 0. The fourth-order valence-corrected chi connectivity index (χ4v) is 4.65. The van der Waals surface area contributed by atoms with Gasteiger partial charge in [0.2, 0.25) is 0 Å². The zero-order valence-corrected chi connectivity index (χ0v) is 21.9. The Balaban J connectivity index is 0.00000341. The van der Waals surface area contributed by atoms with Gasteiger partial charge < -0.3 is 20.1 Å². The summed E-state index contributed by atoms with van der Waals surface area (Å²) in [5.41, 5.74) is 1.36. The Bertz CT molecular complexity index is 804. The molecule has 0 aliphatic carbocycles. The van der Waals surface area contributed by atoms with Crippen molar-refractivity contribution >= 4 is 41.3 Å². The number of hydrogen-bond donors (Lipinski definition) is 2. The molecule has 2 N–H and O–H groups in total. The molecule has 31 heavy (non-hydrogen) atoms. The lowest BCUT2D eigenvalue weighted by atomic mass is 9.74. The van der Waals surface area contributed by atoms with E-state index in [0.717, 1.165) is 63.7 Å². The maximum Gasteiger partial charge on any atom is 0.191 e. The molecule has 0 spiro atoms. The summed E-state index contributed by atoms with van der Waals surface area (Å²) in [6.07, 6.45) is 5.92. The van der Waals surface area contributed by atoms with Crippen LogP contribution in [0, 0.1) is 0 Å². The average Bonchev–Trinajstić information content (AvgIpc) is 3.25. The molecule has 8 heteroatoms. The van der Waals surface area contributed by atoms with Gasteiger partial charge >= 0.3 is 0 Å². The molecule has 1 fully saturated rings. The van der Waals surface area contributed by atoms with Gasteiger partial charge in [-0.05, 0) is 43.9 Å². The summed E-state index contributed by atoms with van der Waals surface area (Å²) in [5.74, 6) is 1.75. The highest BCUT2D eigenvalue weighted by Gasteiger charge is 2.34. The molecule has 1 aliphatic heterocycles. The Kier molecular flexibility index (Phi) is 11.0. The number of aromatic nitrogens is 1.